The summed E-state index contributed by atoms with van der Waals surface area (Å²) in [6, 6.07) is 7.81. The second kappa shape index (κ2) is 6.75. The van der Waals surface area contributed by atoms with Gasteiger partial charge in [0.15, 0.2) is 6.10 Å². The fourth-order valence-electron chi connectivity index (χ4n) is 2.60. The van der Waals surface area contributed by atoms with Crippen LogP contribution in [-0.2, 0) is 4.79 Å². The van der Waals surface area contributed by atoms with Gasteiger partial charge in [-0.05, 0) is 32.8 Å². The molecule has 0 bridgehead atoms. The quantitative estimate of drug-likeness (QED) is 0.868. The molecule has 1 unspecified atom stereocenters. The Bertz CT molecular complexity index is 454. The lowest BCUT2D eigenvalue weighted by Gasteiger charge is -2.20. The second-order valence-electron chi connectivity index (χ2n) is 5.58. The minimum Gasteiger partial charge on any atom is -0.481 e. The van der Waals surface area contributed by atoms with Crippen molar-refractivity contribution in [2.45, 2.75) is 57.7 Å². The molecule has 2 rings (SSSR count). The van der Waals surface area contributed by atoms with E-state index in [1.54, 1.807) is 6.92 Å². The molecular formula is C16H24N2O2. The van der Waals surface area contributed by atoms with E-state index in [2.05, 4.69) is 5.32 Å². The van der Waals surface area contributed by atoms with Gasteiger partial charge >= 0.3 is 0 Å². The smallest absolute Gasteiger partial charge is 0.260 e. The van der Waals surface area contributed by atoms with Gasteiger partial charge in [0, 0.05) is 17.6 Å². The van der Waals surface area contributed by atoms with E-state index in [0.717, 1.165) is 18.4 Å². The summed E-state index contributed by atoms with van der Waals surface area (Å²) in [5.74, 6) is 0.646. The van der Waals surface area contributed by atoms with Crippen molar-refractivity contribution in [1.82, 2.24) is 5.32 Å². The Morgan fingerprint density at radius 3 is 2.60 bits per heavy atom. The van der Waals surface area contributed by atoms with E-state index < -0.39 is 6.10 Å². The predicted molar refractivity (Wildman–Crippen MR) is 79.5 cm³/mol. The number of carbonyl (C=O) groups excluding carboxylic acids is 1. The molecule has 1 aliphatic rings. The SMILES string of the molecule is CC(Oc1ccccc1[C@H](C)N)C(=O)NC1CCCC1. The number of nitrogens with one attached hydrogen (secondary N) is 1. The third-order valence-electron chi connectivity index (χ3n) is 3.78. The van der Waals surface area contributed by atoms with Gasteiger partial charge in [0.25, 0.3) is 5.91 Å². The Kier molecular flexibility index (Phi) is 5.01. The molecule has 20 heavy (non-hydrogen) atoms. The average molecular weight is 276 g/mol. The molecule has 0 saturated heterocycles. The van der Waals surface area contributed by atoms with Gasteiger partial charge in [-0.2, -0.15) is 0 Å². The highest BCUT2D eigenvalue weighted by molar-refractivity contribution is 5.81. The molecule has 1 saturated carbocycles. The lowest BCUT2D eigenvalue weighted by atomic mass is 10.1. The van der Waals surface area contributed by atoms with E-state index in [0.29, 0.717) is 11.8 Å². The van der Waals surface area contributed by atoms with Crippen LogP contribution in [0.5, 0.6) is 5.75 Å². The van der Waals surface area contributed by atoms with Gasteiger partial charge in [0.2, 0.25) is 0 Å². The van der Waals surface area contributed by atoms with Crippen LogP contribution in [0.4, 0.5) is 0 Å². The van der Waals surface area contributed by atoms with Gasteiger partial charge in [0.05, 0.1) is 0 Å². The van der Waals surface area contributed by atoms with Crippen LogP contribution in [0, 0.1) is 0 Å². The lowest BCUT2D eigenvalue weighted by Crippen LogP contribution is -2.41. The van der Waals surface area contributed by atoms with Gasteiger partial charge in [-0.1, -0.05) is 31.0 Å². The number of carbonyl (C=O) groups is 1. The van der Waals surface area contributed by atoms with E-state index in [-0.39, 0.29) is 11.9 Å². The Hall–Kier alpha value is -1.55. The molecule has 3 N–H and O–H groups in total. The number of rotatable bonds is 5. The zero-order chi connectivity index (χ0) is 14.5. The summed E-state index contributed by atoms with van der Waals surface area (Å²) in [4.78, 5) is 12.1. The Balaban J connectivity index is 1.96. The molecule has 0 spiro atoms. The van der Waals surface area contributed by atoms with Crippen LogP contribution >= 0.6 is 0 Å². The van der Waals surface area contributed by atoms with E-state index in [4.69, 9.17) is 10.5 Å². The standard InChI is InChI=1S/C16H24N2O2/c1-11(17)14-9-5-6-10-15(14)20-12(2)16(19)18-13-7-3-4-8-13/h5-6,9-13H,3-4,7-8,17H2,1-2H3,(H,18,19)/t11-,12?/m0/s1. The van der Waals surface area contributed by atoms with E-state index in [1.807, 2.05) is 31.2 Å². The number of hydrogen-bond acceptors (Lipinski definition) is 3. The normalized spacial score (nSPS) is 18.6. The first-order valence-corrected chi connectivity index (χ1v) is 7.39. The fourth-order valence-corrected chi connectivity index (χ4v) is 2.60. The summed E-state index contributed by atoms with van der Waals surface area (Å²) in [6.45, 7) is 3.69. The van der Waals surface area contributed by atoms with Crippen LogP contribution in [-0.4, -0.2) is 18.1 Å². The van der Waals surface area contributed by atoms with Crippen LogP contribution in [0.2, 0.25) is 0 Å². The summed E-state index contributed by atoms with van der Waals surface area (Å²) >= 11 is 0. The van der Waals surface area contributed by atoms with Crippen LogP contribution in [0.25, 0.3) is 0 Å². The van der Waals surface area contributed by atoms with Crippen molar-refractivity contribution in [2.24, 2.45) is 5.73 Å². The largest absolute Gasteiger partial charge is 0.481 e. The van der Waals surface area contributed by atoms with Gasteiger partial charge in [0.1, 0.15) is 5.75 Å². The minimum atomic E-state index is -0.504. The molecule has 1 aromatic rings. The first-order chi connectivity index (χ1) is 9.58. The number of nitrogens with two attached hydrogens (primary N) is 1. The van der Waals surface area contributed by atoms with Crippen molar-refractivity contribution < 1.29 is 9.53 Å². The Labute approximate surface area is 120 Å². The molecule has 110 valence electrons. The first-order valence-electron chi connectivity index (χ1n) is 7.39. The number of para-hydroxylation sites is 1. The molecular weight excluding hydrogens is 252 g/mol. The van der Waals surface area contributed by atoms with E-state index in [9.17, 15) is 4.79 Å². The minimum absolute atomic E-state index is 0.0450. The van der Waals surface area contributed by atoms with E-state index >= 15 is 0 Å². The maximum atomic E-state index is 12.1. The highest BCUT2D eigenvalue weighted by Gasteiger charge is 2.22. The number of ether oxygens (including phenoxy) is 1. The highest BCUT2D eigenvalue weighted by atomic mass is 16.5. The highest BCUT2D eigenvalue weighted by Crippen LogP contribution is 2.24. The monoisotopic (exact) mass is 276 g/mol. The van der Waals surface area contributed by atoms with Gasteiger partial charge in [-0.15, -0.1) is 0 Å². The molecule has 0 radical (unpaired) electrons. The van der Waals surface area contributed by atoms with Crippen molar-refractivity contribution in [1.29, 1.82) is 0 Å². The lowest BCUT2D eigenvalue weighted by molar-refractivity contribution is -0.128. The van der Waals surface area contributed by atoms with Crippen LogP contribution in [0.3, 0.4) is 0 Å². The van der Waals surface area contributed by atoms with Gasteiger partial charge in [-0.3, -0.25) is 4.79 Å². The molecule has 1 aromatic carbocycles. The van der Waals surface area contributed by atoms with E-state index in [1.165, 1.54) is 12.8 Å². The maximum Gasteiger partial charge on any atom is 0.260 e. The van der Waals surface area contributed by atoms with Crippen molar-refractivity contribution >= 4 is 5.91 Å². The third kappa shape index (κ3) is 3.73. The topological polar surface area (TPSA) is 64.3 Å². The Morgan fingerprint density at radius 2 is 1.95 bits per heavy atom. The summed E-state index contributed by atoms with van der Waals surface area (Å²) < 4.78 is 5.79. The molecule has 1 aliphatic carbocycles. The maximum absolute atomic E-state index is 12.1. The molecule has 0 heterocycles. The predicted octanol–water partition coefficient (Wildman–Crippen LogP) is 2.53. The molecule has 4 heteroatoms. The summed E-state index contributed by atoms with van der Waals surface area (Å²) in [7, 11) is 0. The van der Waals surface area contributed by atoms with Crippen LogP contribution in [0.15, 0.2) is 24.3 Å². The van der Waals surface area contributed by atoms with Crippen molar-refractivity contribution in [2.75, 3.05) is 0 Å². The molecule has 0 aliphatic heterocycles. The summed E-state index contributed by atoms with van der Waals surface area (Å²) in [5, 5.41) is 3.05. The zero-order valence-electron chi connectivity index (χ0n) is 12.3. The van der Waals surface area contributed by atoms with Crippen molar-refractivity contribution in [3.05, 3.63) is 29.8 Å². The zero-order valence-corrected chi connectivity index (χ0v) is 12.3. The molecule has 1 amide bonds. The first kappa shape index (κ1) is 14.9. The number of amides is 1. The summed E-state index contributed by atoms with van der Waals surface area (Å²) in [6.07, 6.45) is 4.06. The third-order valence-corrected chi connectivity index (χ3v) is 3.78. The van der Waals surface area contributed by atoms with Gasteiger partial charge in [-0.25, -0.2) is 0 Å². The fraction of sp³-hybridized carbons (Fsp3) is 0.562. The van der Waals surface area contributed by atoms with Crippen molar-refractivity contribution in [3.8, 4) is 5.75 Å². The summed E-state index contributed by atoms with van der Waals surface area (Å²) in [5.41, 5.74) is 6.84. The van der Waals surface area contributed by atoms with Crippen molar-refractivity contribution in [3.63, 3.8) is 0 Å². The van der Waals surface area contributed by atoms with Gasteiger partial charge < -0.3 is 15.8 Å². The number of hydrogen-bond donors (Lipinski definition) is 2. The second-order valence-corrected chi connectivity index (χ2v) is 5.58. The molecule has 0 aromatic heterocycles. The van der Waals surface area contributed by atoms with Crippen LogP contribution < -0.4 is 15.8 Å². The average Bonchev–Trinajstić information content (AvgIpc) is 2.91. The van der Waals surface area contributed by atoms with Crippen LogP contribution in [0.1, 0.15) is 51.1 Å². The number of benzene rings is 1. The molecule has 1 fully saturated rings. The molecule has 4 nitrogen and oxygen atoms in total. The Morgan fingerprint density at radius 1 is 1.30 bits per heavy atom. The molecule has 2 atom stereocenters.